The first-order chi connectivity index (χ1) is 16.8. The van der Waals surface area contributed by atoms with Crippen LogP contribution in [0.4, 0.5) is 5.69 Å². The van der Waals surface area contributed by atoms with Crippen LogP contribution in [0.1, 0.15) is 18.4 Å². The summed E-state index contributed by atoms with van der Waals surface area (Å²) < 4.78 is 22.7. The normalized spacial score (nSPS) is 15.1. The van der Waals surface area contributed by atoms with Crippen LogP contribution in [0.3, 0.4) is 0 Å². The number of nitrogens with one attached hydrogen (secondary N) is 2. The van der Waals surface area contributed by atoms with E-state index in [1.807, 2.05) is 42.5 Å². The highest BCUT2D eigenvalue weighted by Crippen LogP contribution is 2.23. The minimum absolute atomic E-state index is 0.0195. The summed E-state index contributed by atoms with van der Waals surface area (Å²) in [6, 6.07) is 20.1. The van der Waals surface area contributed by atoms with E-state index in [2.05, 4.69) is 15.5 Å². The smallest absolute Gasteiger partial charge is 0.238 e. The van der Waals surface area contributed by atoms with Gasteiger partial charge in [0.15, 0.2) is 0 Å². The monoisotopic (exact) mass is 494 g/mol. The predicted octanol–water partition coefficient (Wildman–Crippen LogP) is 2.50. The fraction of sp³-hybridized carbons (Fsp3) is 0.308. The zero-order valence-electron chi connectivity index (χ0n) is 19.4. The van der Waals surface area contributed by atoms with Crippen LogP contribution in [0, 0.1) is 5.92 Å². The molecule has 1 saturated heterocycles. The summed E-state index contributed by atoms with van der Waals surface area (Å²) in [7, 11) is -3.70. The standard InChI is InChI=1S/C26H30N4O4S/c27-35(33,34)22-10-8-19(9-11-22)12-15-28-26(32)21-13-16-30(17-14-21)18-25(31)29-24-7-3-5-20-4-1-2-6-23(20)24/h1-11,21H,12-18H2,(H,28,32)(H,29,31)(H2,27,33,34). The van der Waals surface area contributed by atoms with Crippen LogP contribution in [0.15, 0.2) is 71.6 Å². The molecule has 4 N–H and O–H groups in total. The van der Waals surface area contributed by atoms with Gasteiger partial charge in [-0.15, -0.1) is 0 Å². The number of hydrogen-bond donors (Lipinski definition) is 3. The minimum Gasteiger partial charge on any atom is -0.356 e. The van der Waals surface area contributed by atoms with E-state index in [4.69, 9.17) is 5.14 Å². The van der Waals surface area contributed by atoms with Crippen molar-refractivity contribution in [2.24, 2.45) is 11.1 Å². The van der Waals surface area contributed by atoms with Gasteiger partial charge in [0.2, 0.25) is 21.8 Å². The molecule has 2 amide bonds. The van der Waals surface area contributed by atoms with Gasteiger partial charge in [-0.1, -0.05) is 48.5 Å². The lowest BCUT2D eigenvalue weighted by Gasteiger charge is -2.30. The molecule has 0 aromatic heterocycles. The summed E-state index contributed by atoms with van der Waals surface area (Å²) in [5.41, 5.74) is 1.73. The Kier molecular flexibility index (Phi) is 7.80. The summed E-state index contributed by atoms with van der Waals surface area (Å²) in [6.07, 6.45) is 2.01. The Morgan fingerprint density at radius 1 is 0.943 bits per heavy atom. The fourth-order valence-electron chi connectivity index (χ4n) is 4.40. The Labute approximate surface area is 205 Å². The lowest BCUT2D eigenvalue weighted by Crippen LogP contribution is -2.43. The number of anilines is 1. The van der Waals surface area contributed by atoms with Crippen molar-refractivity contribution >= 4 is 38.3 Å². The molecule has 0 saturated carbocycles. The van der Waals surface area contributed by atoms with Crippen molar-refractivity contribution in [1.29, 1.82) is 0 Å². The van der Waals surface area contributed by atoms with Crippen molar-refractivity contribution in [2.45, 2.75) is 24.2 Å². The molecule has 0 unspecified atom stereocenters. The van der Waals surface area contributed by atoms with Crippen LogP contribution in [0.2, 0.25) is 0 Å². The molecule has 1 aliphatic rings. The van der Waals surface area contributed by atoms with E-state index in [1.54, 1.807) is 12.1 Å². The Morgan fingerprint density at radius 3 is 2.34 bits per heavy atom. The number of rotatable bonds is 8. The second-order valence-electron chi connectivity index (χ2n) is 8.86. The van der Waals surface area contributed by atoms with Crippen LogP contribution in [-0.2, 0) is 26.0 Å². The zero-order chi connectivity index (χ0) is 24.8. The van der Waals surface area contributed by atoms with Gasteiger partial charge in [-0.2, -0.15) is 0 Å². The Bertz CT molecular complexity index is 1300. The highest BCUT2D eigenvalue weighted by Gasteiger charge is 2.25. The molecule has 4 rings (SSSR count). The summed E-state index contributed by atoms with van der Waals surface area (Å²) in [5.74, 6) is -0.110. The maximum absolute atomic E-state index is 12.6. The first-order valence-corrected chi connectivity index (χ1v) is 13.2. The average Bonchev–Trinajstić information content (AvgIpc) is 2.84. The van der Waals surface area contributed by atoms with E-state index >= 15 is 0 Å². The van der Waals surface area contributed by atoms with Gasteiger partial charge in [-0.25, -0.2) is 13.6 Å². The highest BCUT2D eigenvalue weighted by atomic mass is 32.2. The van der Waals surface area contributed by atoms with E-state index in [1.165, 1.54) is 12.1 Å². The van der Waals surface area contributed by atoms with Crippen LogP contribution < -0.4 is 15.8 Å². The molecule has 1 aliphatic heterocycles. The maximum atomic E-state index is 12.6. The van der Waals surface area contributed by atoms with Crippen LogP contribution in [0.25, 0.3) is 10.8 Å². The second kappa shape index (κ2) is 11.0. The molecular formula is C26H30N4O4S. The number of nitrogens with zero attached hydrogens (tertiary/aromatic N) is 1. The number of primary sulfonamides is 1. The quantitative estimate of drug-likeness (QED) is 0.444. The first kappa shape index (κ1) is 24.8. The Morgan fingerprint density at radius 2 is 1.63 bits per heavy atom. The van der Waals surface area contributed by atoms with Crippen molar-refractivity contribution in [3.8, 4) is 0 Å². The molecule has 35 heavy (non-hydrogen) atoms. The van der Waals surface area contributed by atoms with Gasteiger partial charge in [-0.05, 0) is 61.5 Å². The number of sulfonamides is 1. The predicted molar refractivity (Wildman–Crippen MR) is 136 cm³/mol. The van der Waals surface area contributed by atoms with Crippen LogP contribution in [-0.4, -0.2) is 51.3 Å². The van der Waals surface area contributed by atoms with Gasteiger partial charge < -0.3 is 10.6 Å². The van der Waals surface area contributed by atoms with Gasteiger partial charge in [0.1, 0.15) is 0 Å². The Hall–Kier alpha value is -3.27. The van der Waals surface area contributed by atoms with E-state index in [-0.39, 0.29) is 22.6 Å². The number of carbonyl (C=O) groups excluding carboxylic acids is 2. The van der Waals surface area contributed by atoms with Crippen molar-refractivity contribution < 1.29 is 18.0 Å². The topological polar surface area (TPSA) is 122 Å². The largest absolute Gasteiger partial charge is 0.356 e. The van der Waals surface area contributed by atoms with Gasteiger partial charge in [0.25, 0.3) is 0 Å². The number of likely N-dealkylation sites (tertiary alicyclic amines) is 1. The van der Waals surface area contributed by atoms with E-state index in [0.717, 1.165) is 22.0 Å². The lowest BCUT2D eigenvalue weighted by atomic mass is 9.96. The zero-order valence-corrected chi connectivity index (χ0v) is 20.3. The number of amides is 2. The Balaban J connectivity index is 1.19. The number of carbonyl (C=O) groups is 2. The fourth-order valence-corrected chi connectivity index (χ4v) is 4.92. The third kappa shape index (κ3) is 6.66. The molecule has 0 spiro atoms. The molecular weight excluding hydrogens is 464 g/mol. The minimum atomic E-state index is -3.70. The summed E-state index contributed by atoms with van der Waals surface area (Å²) in [6.45, 7) is 2.15. The molecule has 0 bridgehead atoms. The number of fused-ring (bicyclic) bond motifs is 1. The average molecular weight is 495 g/mol. The molecule has 0 radical (unpaired) electrons. The number of nitrogens with two attached hydrogens (primary N) is 1. The lowest BCUT2D eigenvalue weighted by molar-refractivity contribution is -0.126. The summed E-state index contributed by atoms with van der Waals surface area (Å²) in [5, 5.41) is 13.2. The van der Waals surface area contributed by atoms with E-state index in [0.29, 0.717) is 45.4 Å². The van der Waals surface area contributed by atoms with Gasteiger partial charge in [0, 0.05) is 23.5 Å². The van der Waals surface area contributed by atoms with E-state index < -0.39 is 10.0 Å². The molecule has 3 aromatic rings. The first-order valence-electron chi connectivity index (χ1n) is 11.7. The molecule has 3 aromatic carbocycles. The second-order valence-corrected chi connectivity index (χ2v) is 10.4. The molecule has 0 atom stereocenters. The number of piperidine rings is 1. The van der Waals surface area contributed by atoms with Gasteiger partial charge in [0.05, 0.1) is 11.4 Å². The number of benzene rings is 3. The van der Waals surface area contributed by atoms with E-state index in [9.17, 15) is 18.0 Å². The molecule has 8 nitrogen and oxygen atoms in total. The SMILES string of the molecule is NS(=O)(=O)c1ccc(CCNC(=O)C2CCN(CC(=O)Nc3cccc4ccccc34)CC2)cc1. The van der Waals surface area contributed by atoms with Gasteiger partial charge >= 0.3 is 0 Å². The highest BCUT2D eigenvalue weighted by molar-refractivity contribution is 7.89. The molecule has 0 aliphatic carbocycles. The van der Waals surface area contributed by atoms with Crippen molar-refractivity contribution in [3.05, 3.63) is 72.3 Å². The molecule has 1 fully saturated rings. The van der Waals surface area contributed by atoms with Crippen LogP contribution >= 0.6 is 0 Å². The third-order valence-electron chi connectivity index (χ3n) is 6.35. The summed E-state index contributed by atoms with van der Waals surface area (Å²) in [4.78, 5) is 27.3. The van der Waals surface area contributed by atoms with Gasteiger partial charge in [-0.3, -0.25) is 14.5 Å². The van der Waals surface area contributed by atoms with Crippen molar-refractivity contribution in [2.75, 3.05) is 31.5 Å². The van der Waals surface area contributed by atoms with Crippen molar-refractivity contribution in [1.82, 2.24) is 10.2 Å². The molecule has 1 heterocycles. The molecule has 184 valence electrons. The van der Waals surface area contributed by atoms with Crippen LogP contribution in [0.5, 0.6) is 0 Å². The summed E-state index contributed by atoms with van der Waals surface area (Å²) >= 11 is 0. The molecule has 9 heteroatoms. The van der Waals surface area contributed by atoms with Crippen molar-refractivity contribution in [3.63, 3.8) is 0 Å². The number of hydrogen-bond acceptors (Lipinski definition) is 5. The maximum Gasteiger partial charge on any atom is 0.238 e. The third-order valence-corrected chi connectivity index (χ3v) is 7.28.